The molecule has 2 aliphatic rings. The summed E-state index contributed by atoms with van der Waals surface area (Å²) in [5.41, 5.74) is 5.30. The number of morpholine rings is 1. The second-order valence-electron chi connectivity index (χ2n) is 7.33. The van der Waals surface area contributed by atoms with E-state index in [-0.39, 0.29) is 0 Å². The highest BCUT2D eigenvalue weighted by molar-refractivity contribution is 5.86. The fourth-order valence-electron chi connectivity index (χ4n) is 4.56. The average molecular weight is 324 g/mol. The van der Waals surface area contributed by atoms with E-state index in [0.29, 0.717) is 12.1 Å². The van der Waals surface area contributed by atoms with E-state index in [2.05, 4.69) is 47.8 Å². The van der Waals surface area contributed by atoms with Crippen molar-refractivity contribution in [3.05, 3.63) is 47.8 Å². The van der Waals surface area contributed by atoms with Crippen molar-refractivity contribution in [3.8, 4) is 0 Å². The second-order valence-corrected chi connectivity index (χ2v) is 7.33. The molecule has 2 fully saturated rings. The zero-order chi connectivity index (χ0) is 16.5. The second kappa shape index (κ2) is 6.64. The van der Waals surface area contributed by atoms with E-state index >= 15 is 0 Å². The number of aromatic amines is 1. The van der Waals surface area contributed by atoms with Crippen molar-refractivity contribution < 1.29 is 4.74 Å². The largest absolute Gasteiger partial charge is 0.374 e. The third-order valence-corrected chi connectivity index (χ3v) is 5.82. The Morgan fingerprint density at radius 3 is 3.12 bits per heavy atom. The molecule has 24 heavy (non-hydrogen) atoms. The summed E-state index contributed by atoms with van der Waals surface area (Å²) in [4.78, 5) is 5.96. The SMILES string of the molecule is C=C(CCc1c[nH]c2cccc(C)c12)N1CCOC2CCCCC21. The van der Waals surface area contributed by atoms with Crippen molar-refractivity contribution in [3.63, 3.8) is 0 Å². The van der Waals surface area contributed by atoms with Crippen LogP contribution in [0.2, 0.25) is 0 Å². The van der Waals surface area contributed by atoms with Crippen molar-refractivity contribution in [1.82, 2.24) is 9.88 Å². The summed E-state index contributed by atoms with van der Waals surface area (Å²) in [6.45, 7) is 8.49. The maximum atomic E-state index is 6.00. The molecule has 2 heterocycles. The van der Waals surface area contributed by atoms with E-state index < -0.39 is 0 Å². The number of allylic oxidation sites excluding steroid dienone is 1. The molecule has 1 N–H and O–H groups in total. The predicted octanol–water partition coefficient (Wildman–Crippen LogP) is 4.57. The Kier molecular flexibility index (Phi) is 4.36. The van der Waals surface area contributed by atoms with Crippen molar-refractivity contribution >= 4 is 10.9 Å². The number of fused-ring (bicyclic) bond motifs is 2. The van der Waals surface area contributed by atoms with Gasteiger partial charge in [-0.3, -0.25) is 0 Å². The quantitative estimate of drug-likeness (QED) is 0.892. The van der Waals surface area contributed by atoms with Crippen LogP contribution in [0.5, 0.6) is 0 Å². The minimum absolute atomic E-state index is 0.430. The first kappa shape index (κ1) is 15.8. The summed E-state index contributed by atoms with van der Waals surface area (Å²) in [6, 6.07) is 7.04. The normalized spacial score (nSPS) is 24.1. The first-order valence-electron chi connectivity index (χ1n) is 9.35. The van der Waals surface area contributed by atoms with Crippen LogP contribution >= 0.6 is 0 Å². The van der Waals surface area contributed by atoms with Crippen LogP contribution < -0.4 is 0 Å². The molecule has 1 saturated carbocycles. The highest BCUT2D eigenvalue weighted by atomic mass is 16.5. The van der Waals surface area contributed by atoms with Crippen molar-refractivity contribution in [1.29, 1.82) is 0 Å². The Morgan fingerprint density at radius 2 is 2.21 bits per heavy atom. The van der Waals surface area contributed by atoms with Crippen LogP contribution in [-0.4, -0.2) is 35.2 Å². The molecule has 1 aromatic carbocycles. The molecule has 1 aliphatic heterocycles. The summed E-state index contributed by atoms with van der Waals surface area (Å²) in [7, 11) is 0. The molecule has 3 nitrogen and oxygen atoms in total. The zero-order valence-corrected chi connectivity index (χ0v) is 14.7. The molecule has 1 saturated heterocycles. The zero-order valence-electron chi connectivity index (χ0n) is 14.7. The summed E-state index contributed by atoms with van der Waals surface area (Å²) in [5, 5.41) is 1.39. The first-order valence-corrected chi connectivity index (χ1v) is 9.35. The molecule has 0 spiro atoms. The van der Waals surface area contributed by atoms with Crippen LogP contribution in [0, 0.1) is 6.92 Å². The Morgan fingerprint density at radius 1 is 1.33 bits per heavy atom. The number of aryl methyl sites for hydroxylation is 2. The summed E-state index contributed by atoms with van der Waals surface area (Å²) in [6.07, 6.45) is 9.81. The maximum Gasteiger partial charge on any atom is 0.0778 e. The van der Waals surface area contributed by atoms with Crippen molar-refractivity contribution in [2.45, 2.75) is 57.6 Å². The van der Waals surface area contributed by atoms with Crippen LogP contribution in [0.25, 0.3) is 10.9 Å². The Bertz CT molecular complexity index is 731. The number of rotatable bonds is 4. The van der Waals surface area contributed by atoms with Crippen molar-refractivity contribution in [2.75, 3.05) is 13.2 Å². The molecule has 0 radical (unpaired) electrons. The van der Waals surface area contributed by atoms with E-state index in [9.17, 15) is 0 Å². The van der Waals surface area contributed by atoms with Gasteiger partial charge in [0.1, 0.15) is 0 Å². The topological polar surface area (TPSA) is 28.3 Å². The summed E-state index contributed by atoms with van der Waals surface area (Å²) >= 11 is 0. The van der Waals surface area contributed by atoms with Crippen LogP contribution in [0.15, 0.2) is 36.7 Å². The third-order valence-electron chi connectivity index (χ3n) is 5.82. The number of hydrogen-bond donors (Lipinski definition) is 1. The molecule has 128 valence electrons. The molecule has 2 atom stereocenters. The van der Waals surface area contributed by atoms with Gasteiger partial charge in [0.25, 0.3) is 0 Å². The molecule has 1 aliphatic carbocycles. The van der Waals surface area contributed by atoms with E-state index in [1.54, 1.807) is 0 Å². The molecule has 2 aromatic rings. The highest BCUT2D eigenvalue weighted by Crippen LogP contribution is 2.32. The third kappa shape index (κ3) is 2.86. The van der Waals surface area contributed by atoms with Gasteiger partial charge in [-0.2, -0.15) is 0 Å². The van der Waals surface area contributed by atoms with Gasteiger partial charge < -0.3 is 14.6 Å². The Hall–Kier alpha value is -1.74. The van der Waals surface area contributed by atoms with Crippen LogP contribution in [0.4, 0.5) is 0 Å². The van der Waals surface area contributed by atoms with E-state index in [4.69, 9.17) is 4.74 Å². The van der Waals surface area contributed by atoms with Crippen molar-refractivity contribution in [2.24, 2.45) is 0 Å². The van der Waals surface area contributed by atoms with Gasteiger partial charge in [0.15, 0.2) is 0 Å². The van der Waals surface area contributed by atoms with Crippen LogP contribution in [0.1, 0.15) is 43.2 Å². The predicted molar refractivity (Wildman–Crippen MR) is 99.2 cm³/mol. The molecule has 2 unspecified atom stereocenters. The first-order chi connectivity index (χ1) is 11.7. The molecular weight excluding hydrogens is 296 g/mol. The lowest BCUT2D eigenvalue weighted by Crippen LogP contribution is -2.51. The maximum absolute atomic E-state index is 6.00. The van der Waals surface area contributed by atoms with Gasteiger partial charge in [0, 0.05) is 29.3 Å². The van der Waals surface area contributed by atoms with Gasteiger partial charge in [-0.25, -0.2) is 0 Å². The molecule has 4 rings (SSSR count). The molecule has 0 amide bonds. The fraction of sp³-hybridized carbons (Fsp3) is 0.524. The van der Waals surface area contributed by atoms with Gasteiger partial charge >= 0.3 is 0 Å². The van der Waals surface area contributed by atoms with Gasteiger partial charge in [-0.05, 0) is 49.8 Å². The van der Waals surface area contributed by atoms with Crippen LogP contribution in [-0.2, 0) is 11.2 Å². The van der Waals surface area contributed by atoms with E-state index in [1.165, 1.54) is 53.4 Å². The molecular formula is C21H28N2O. The molecule has 0 bridgehead atoms. The number of nitrogens with one attached hydrogen (secondary N) is 1. The highest BCUT2D eigenvalue weighted by Gasteiger charge is 2.34. The number of aromatic nitrogens is 1. The van der Waals surface area contributed by atoms with E-state index in [1.807, 2.05) is 0 Å². The lowest BCUT2D eigenvalue weighted by atomic mass is 9.89. The van der Waals surface area contributed by atoms with Gasteiger partial charge in [-0.15, -0.1) is 0 Å². The lowest BCUT2D eigenvalue weighted by molar-refractivity contribution is -0.0765. The van der Waals surface area contributed by atoms with Crippen LogP contribution in [0.3, 0.4) is 0 Å². The average Bonchev–Trinajstić information content (AvgIpc) is 3.04. The summed E-state index contributed by atoms with van der Waals surface area (Å²) in [5.74, 6) is 0. The smallest absolute Gasteiger partial charge is 0.0778 e. The number of nitrogens with zero attached hydrogens (tertiary/aromatic N) is 1. The monoisotopic (exact) mass is 324 g/mol. The number of ether oxygens (including phenoxy) is 1. The number of H-pyrrole nitrogens is 1. The minimum Gasteiger partial charge on any atom is -0.374 e. The van der Waals surface area contributed by atoms with Gasteiger partial charge in [0.2, 0.25) is 0 Å². The number of hydrogen-bond acceptors (Lipinski definition) is 2. The standard InChI is InChI=1S/C21H28N2O/c1-15-6-5-7-18-21(15)17(14-22-18)11-10-16(2)23-12-13-24-20-9-4-3-8-19(20)23/h5-7,14,19-20,22H,2-4,8-13H2,1H3. The summed E-state index contributed by atoms with van der Waals surface area (Å²) < 4.78 is 6.00. The van der Waals surface area contributed by atoms with E-state index in [0.717, 1.165) is 26.0 Å². The minimum atomic E-state index is 0.430. The fourth-order valence-corrected chi connectivity index (χ4v) is 4.56. The Balaban J connectivity index is 1.46. The molecule has 3 heteroatoms. The molecule has 1 aromatic heterocycles. The lowest BCUT2D eigenvalue weighted by Gasteiger charge is -2.46. The Labute approximate surface area is 144 Å². The van der Waals surface area contributed by atoms with Gasteiger partial charge in [0.05, 0.1) is 18.8 Å². The number of benzene rings is 1. The van der Waals surface area contributed by atoms with Gasteiger partial charge in [-0.1, -0.05) is 31.6 Å².